The molecule has 0 amide bonds. The number of benzene rings is 1. The van der Waals surface area contributed by atoms with Crippen molar-refractivity contribution in [3.05, 3.63) is 62.2 Å². The largest absolute Gasteiger partial charge is 0.466 e. The van der Waals surface area contributed by atoms with E-state index in [-0.39, 0.29) is 17.7 Å². The summed E-state index contributed by atoms with van der Waals surface area (Å²) in [5.74, 6) is 0.367. The number of ether oxygens (including phenoxy) is 1. The number of amidine groups is 1. The lowest BCUT2D eigenvalue weighted by Gasteiger charge is -2.32. The molecule has 3 aromatic rings. The number of esters is 1. The number of likely N-dealkylation sites (tertiary alicyclic amines) is 1. The van der Waals surface area contributed by atoms with Gasteiger partial charge in [0, 0.05) is 36.0 Å². The number of carbonyl (C=O) groups excluding carboxylic acids is 2. The number of thiazole rings is 1. The number of aryl methyl sites for hydroxylation is 1. The van der Waals surface area contributed by atoms with Gasteiger partial charge < -0.3 is 9.64 Å². The number of nitrogens with zero attached hydrogens (tertiary/aromatic N) is 2. The van der Waals surface area contributed by atoms with Crippen molar-refractivity contribution in [3.8, 4) is 10.6 Å². The van der Waals surface area contributed by atoms with Crippen molar-refractivity contribution in [3.63, 3.8) is 0 Å². The van der Waals surface area contributed by atoms with Crippen molar-refractivity contribution in [2.45, 2.75) is 32.6 Å². The number of carbonyl (C=O) groups is 2. The van der Waals surface area contributed by atoms with E-state index >= 15 is 0 Å². The Balaban J connectivity index is 1.31. The number of hydrogen-bond donors (Lipinski definition) is 1. The van der Waals surface area contributed by atoms with Gasteiger partial charge >= 0.3 is 5.97 Å². The monoisotopic (exact) mass is 515 g/mol. The molecule has 0 spiro atoms. The van der Waals surface area contributed by atoms with E-state index in [0.717, 1.165) is 21.8 Å². The van der Waals surface area contributed by atoms with Crippen molar-refractivity contribution >= 4 is 51.9 Å². The van der Waals surface area contributed by atoms with E-state index in [1.54, 1.807) is 23.5 Å². The van der Waals surface area contributed by atoms with Gasteiger partial charge in [-0.15, -0.1) is 22.7 Å². The molecule has 3 heterocycles. The Hall–Kier alpha value is -2.55. The third-order valence-corrected chi connectivity index (χ3v) is 8.06. The lowest BCUT2D eigenvalue weighted by atomic mass is 9.96. The molecule has 4 rings (SSSR count). The van der Waals surface area contributed by atoms with Crippen LogP contribution in [0.3, 0.4) is 0 Å². The summed E-state index contributed by atoms with van der Waals surface area (Å²) in [6, 6.07) is 11.4. The number of halogens is 1. The van der Waals surface area contributed by atoms with Crippen LogP contribution in [-0.2, 0) is 16.0 Å². The van der Waals surface area contributed by atoms with Crippen molar-refractivity contribution in [1.29, 1.82) is 5.41 Å². The van der Waals surface area contributed by atoms with Crippen LogP contribution in [0, 0.1) is 11.3 Å². The molecule has 0 saturated carbocycles. The van der Waals surface area contributed by atoms with Gasteiger partial charge in [-0.05, 0) is 38.3 Å². The molecular formula is C25H26ClN3O3S2. The van der Waals surface area contributed by atoms with E-state index in [1.165, 1.54) is 11.3 Å². The third kappa shape index (κ3) is 5.92. The molecule has 2 aromatic heterocycles. The second kappa shape index (κ2) is 11.3. The van der Waals surface area contributed by atoms with Crippen molar-refractivity contribution in [1.82, 2.24) is 9.88 Å². The van der Waals surface area contributed by atoms with Gasteiger partial charge in [0.15, 0.2) is 5.78 Å². The Kier molecular flexibility index (Phi) is 8.13. The van der Waals surface area contributed by atoms with Gasteiger partial charge in [-0.25, -0.2) is 4.98 Å². The van der Waals surface area contributed by atoms with Crippen LogP contribution in [0.4, 0.5) is 0 Å². The second-order valence-corrected chi connectivity index (χ2v) is 10.7. The molecule has 0 radical (unpaired) electrons. The van der Waals surface area contributed by atoms with Crippen molar-refractivity contribution in [2.75, 3.05) is 19.7 Å². The van der Waals surface area contributed by atoms with Crippen LogP contribution >= 0.6 is 34.3 Å². The maximum Gasteiger partial charge on any atom is 0.309 e. The summed E-state index contributed by atoms with van der Waals surface area (Å²) in [5.41, 5.74) is 2.73. The summed E-state index contributed by atoms with van der Waals surface area (Å²) in [5, 5.41) is 11.5. The highest BCUT2D eigenvalue weighted by Gasteiger charge is 2.27. The molecule has 1 aliphatic rings. The van der Waals surface area contributed by atoms with Crippen LogP contribution < -0.4 is 0 Å². The van der Waals surface area contributed by atoms with Gasteiger partial charge in [0.25, 0.3) is 0 Å². The minimum atomic E-state index is -0.124. The van der Waals surface area contributed by atoms with Gasteiger partial charge in [0.05, 0.1) is 27.4 Å². The third-order valence-electron chi connectivity index (χ3n) is 5.84. The normalized spacial score (nSPS) is 14.2. The molecule has 9 heteroatoms. The fraction of sp³-hybridized carbons (Fsp3) is 0.360. The highest BCUT2D eigenvalue weighted by molar-refractivity contribution is 7.18. The summed E-state index contributed by atoms with van der Waals surface area (Å²) in [4.78, 5) is 31.6. The van der Waals surface area contributed by atoms with Gasteiger partial charge in [0.2, 0.25) is 0 Å². The van der Waals surface area contributed by atoms with Crippen LogP contribution in [-0.4, -0.2) is 47.2 Å². The zero-order valence-corrected chi connectivity index (χ0v) is 21.3. The molecule has 0 bridgehead atoms. The summed E-state index contributed by atoms with van der Waals surface area (Å²) in [6.45, 7) is 3.58. The van der Waals surface area contributed by atoms with E-state index < -0.39 is 0 Å². The Morgan fingerprint density at radius 1 is 1.18 bits per heavy atom. The first kappa shape index (κ1) is 24.6. The lowest BCUT2D eigenvalue weighted by molar-refractivity contribution is -0.149. The zero-order chi connectivity index (χ0) is 24.1. The summed E-state index contributed by atoms with van der Waals surface area (Å²) in [7, 11) is 0. The standard InChI is InChI=1S/C25H26ClN3O3S2/c1-2-32-25(31)18-11-13-29(14-12-18)23(27)16-3-5-17(6-4-16)24-28-19(15-33-24)7-8-20(30)21-9-10-22(26)34-21/h3-6,9-10,15,18,27H,2,7-8,11-14H2,1H3. The van der Waals surface area contributed by atoms with Gasteiger partial charge in [-0.3, -0.25) is 15.0 Å². The van der Waals surface area contributed by atoms with Crippen molar-refractivity contribution < 1.29 is 14.3 Å². The van der Waals surface area contributed by atoms with Gasteiger partial charge in [-0.1, -0.05) is 35.9 Å². The molecule has 34 heavy (non-hydrogen) atoms. The van der Waals surface area contributed by atoms with Gasteiger partial charge in [0.1, 0.15) is 10.8 Å². The van der Waals surface area contributed by atoms with E-state index in [1.807, 2.05) is 41.5 Å². The average Bonchev–Trinajstić information content (AvgIpc) is 3.52. The molecule has 0 aliphatic carbocycles. The molecule has 1 N–H and O–H groups in total. The van der Waals surface area contributed by atoms with E-state index in [2.05, 4.69) is 0 Å². The fourth-order valence-corrected chi connectivity index (χ4v) is 5.81. The smallest absolute Gasteiger partial charge is 0.309 e. The zero-order valence-electron chi connectivity index (χ0n) is 18.9. The quantitative estimate of drug-likeness (QED) is 0.174. The number of nitrogens with one attached hydrogen (secondary N) is 1. The SMILES string of the molecule is CCOC(=O)C1CCN(C(=N)c2ccc(-c3nc(CCC(=O)c4ccc(Cl)s4)cs3)cc2)CC1. The molecule has 1 aliphatic heterocycles. The minimum Gasteiger partial charge on any atom is -0.466 e. The Morgan fingerprint density at radius 3 is 2.56 bits per heavy atom. The Morgan fingerprint density at radius 2 is 1.91 bits per heavy atom. The highest BCUT2D eigenvalue weighted by Crippen LogP contribution is 2.27. The molecule has 1 aromatic carbocycles. The van der Waals surface area contributed by atoms with E-state index in [0.29, 0.717) is 60.4 Å². The number of hydrogen-bond acceptors (Lipinski definition) is 7. The highest BCUT2D eigenvalue weighted by atomic mass is 35.5. The number of aromatic nitrogens is 1. The van der Waals surface area contributed by atoms with Crippen LogP contribution in [0.15, 0.2) is 41.8 Å². The molecule has 6 nitrogen and oxygen atoms in total. The van der Waals surface area contributed by atoms with Crippen LogP contribution in [0.2, 0.25) is 4.34 Å². The summed E-state index contributed by atoms with van der Waals surface area (Å²) < 4.78 is 5.75. The molecule has 1 fully saturated rings. The minimum absolute atomic E-state index is 0.0659. The summed E-state index contributed by atoms with van der Waals surface area (Å²) in [6.07, 6.45) is 2.42. The first-order valence-corrected chi connectivity index (χ1v) is 13.4. The summed E-state index contributed by atoms with van der Waals surface area (Å²) >= 11 is 8.78. The van der Waals surface area contributed by atoms with E-state index in [4.69, 9.17) is 26.7 Å². The van der Waals surface area contributed by atoms with Crippen LogP contribution in [0.5, 0.6) is 0 Å². The van der Waals surface area contributed by atoms with Crippen LogP contribution in [0.1, 0.15) is 47.1 Å². The maximum absolute atomic E-state index is 12.3. The number of ketones is 1. The number of piperidine rings is 1. The number of thiophene rings is 1. The number of Topliss-reactive ketones (excluding diaryl/α,β-unsaturated/α-hetero) is 1. The van der Waals surface area contributed by atoms with E-state index in [9.17, 15) is 9.59 Å². The van der Waals surface area contributed by atoms with Gasteiger partial charge in [-0.2, -0.15) is 0 Å². The Bertz CT molecular complexity index is 1160. The Labute approximate surface area is 212 Å². The number of rotatable bonds is 8. The van der Waals surface area contributed by atoms with Crippen LogP contribution in [0.25, 0.3) is 10.6 Å². The predicted molar refractivity (Wildman–Crippen MR) is 137 cm³/mol. The second-order valence-electron chi connectivity index (χ2n) is 8.11. The first-order chi connectivity index (χ1) is 16.4. The average molecular weight is 516 g/mol. The van der Waals surface area contributed by atoms with Crippen molar-refractivity contribution in [2.24, 2.45) is 5.92 Å². The maximum atomic E-state index is 12.3. The molecule has 178 valence electrons. The lowest BCUT2D eigenvalue weighted by Crippen LogP contribution is -2.40. The first-order valence-electron chi connectivity index (χ1n) is 11.3. The fourth-order valence-electron chi connectivity index (χ4n) is 3.94. The molecule has 0 atom stereocenters. The molecule has 1 saturated heterocycles. The molecular weight excluding hydrogens is 490 g/mol. The topological polar surface area (TPSA) is 83.3 Å². The predicted octanol–water partition coefficient (Wildman–Crippen LogP) is 5.94. The molecule has 0 unspecified atom stereocenters.